The van der Waals surface area contributed by atoms with E-state index in [1.165, 1.54) is 11.0 Å². The molecule has 45 heavy (non-hydrogen) atoms. The number of rotatable bonds is 3. The number of halogens is 1. The number of phenolic OH excluding ortho intramolecular Hbond substituents is 1. The lowest BCUT2D eigenvalue weighted by atomic mass is 9.59. The molecule has 222 valence electrons. The van der Waals surface area contributed by atoms with Crippen molar-refractivity contribution in [2.45, 2.75) is 25.7 Å². The van der Waals surface area contributed by atoms with Gasteiger partial charge in [-0.15, -0.1) is 0 Å². The Bertz CT molecular complexity index is 2070. The number of anilines is 1. The molecule has 0 saturated carbocycles. The Balaban J connectivity index is 1.16. The number of nitrogens with zero attached hydrogens (tertiary/aromatic N) is 2. The fourth-order valence-corrected chi connectivity index (χ4v) is 7.89. The summed E-state index contributed by atoms with van der Waals surface area (Å²) in [5.41, 5.74) is 5.60. The number of amides is 2. The molecule has 2 amide bonds. The van der Waals surface area contributed by atoms with Gasteiger partial charge < -0.3 is 9.52 Å². The van der Waals surface area contributed by atoms with Crippen LogP contribution in [-0.4, -0.2) is 33.5 Å². The summed E-state index contributed by atoms with van der Waals surface area (Å²) in [5.74, 6) is -2.85. The highest BCUT2D eigenvalue weighted by atomic mass is 79.9. The van der Waals surface area contributed by atoms with E-state index < -0.39 is 23.7 Å². The monoisotopic (exact) mass is 660 g/mol. The normalized spacial score (nSPS) is 24.4. The number of phenols is 1. The van der Waals surface area contributed by atoms with Gasteiger partial charge in [-0.3, -0.25) is 24.1 Å². The maximum atomic E-state index is 14.2. The number of aryl methyl sites for hydroxylation is 1. The molecule has 4 aliphatic rings. The lowest BCUT2D eigenvalue weighted by Gasteiger charge is -2.42. The SMILES string of the molecule is Cc1cc([C@H]2C3=CC[C@@H]4C(=O)N(c5ccc(-c6nc7ccccc7o6)cc5)C(=O)[C@@H]4[C@@H]3CC3=C2C(=O)C=C(Br)C3=O)ccc1O. The van der Waals surface area contributed by atoms with Gasteiger partial charge in [0.05, 0.1) is 22.0 Å². The van der Waals surface area contributed by atoms with Crippen molar-refractivity contribution in [2.24, 2.45) is 17.8 Å². The van der Waals surface area contributed by atoms with Crippen LogP contribution in [0, 0.1) is 24.7 Å². The first kappa shape index (κ1) is 27.6. The number of carbonyl (C=O) groups excluding carboxylic acids is 4. The van der Waals surface area contributed by atoms with Gasteiger partial charge in [0.1, 0.15) is 11.3 Å². The maximum Gasteiger partial charge on any atom is 0.238 e. The number of fused-ring (bicyclic) bond motifs is 4. The van der Waals surface area contributed by atoms with Crippen LogP contribution >= 0.6 is 15.9 Å². The molecule has 8 nitrogen and oxygen atoms in total. The molecule has 1 aliphatic heterocycles. The quantitative estimate of drug-likeness (QED) is 0.152. The van der Waals surface area contributed by atoms with Crippen molar-refractivity contribution in [3.05, 3.63) is 111 Å². The van der Waals surface area contributed by atoms with Crippen molar-refractivity contribution >= 4 is 56.1 Å². The first-order valence-corrected chi connectivity index (χ1v) is 15.5. The molecule has 2 heterocycles. The molecule has 0 radical (unpaired) electrons. The van der Waals surface area contributed by atoms with Crippen LogP contribution in [0.1, 0.15) is 29.9 Å². The second-order valence-electron chi connectivity index (χ2n) is 12.0. The summed E-state index contributed by atoms with van der Waals surface area (Å²) in [5, 5.41) is 10.2. The molecule has 4 aromatic rings. The zero-order valence-electron chi connectivity index (χ0n) is 24.0. The molecule has 1 saturated heterocycles. The van der Waals surface area contributed by atoms with Crippen LogP contribution in [0.5, 0.6) is 5.75 Å². The summed E-state index contributed by atoms with van der Waals surface area (Å²) in [6, 6.07) is 19.6. The van der Waals surface area contributed by atoms with Gasteiger partial charge in [-0.2, -0.15) is 0 Å². The number of hydrogen-bond donors (Lipinski definition) is 1. The van der Waals surface area contributed by atoms with Gasteiger partial charge >= 0.3 is 0 Å². The molecule has 0 bridgehead atoms. The second kappa shape index (κ2) is 10.1. The summed E-state index contributed by atoms with van der Waals surface area (Å²) in [6.07, 6.45) is 3.83. The molecule has 9 heteroatoms. The van der Waals surface area contributed by atoms with Crippen LogP contribution in [0.3, 0.4) is 0 Å². The third-order valence-electron chi connectivity index (χ3n) is 9.55. The number of aromatic nitrogens is 1. The van der Waals surface area contributed by atoms with E-state index in [9.17, 15) is 24.3 Å². The highest BCUT2D eigenvalue weighted by molar-refractivity contribution is 9.12. The molecule has 0 spiro atoms. The highest BCUT2D eigenvalue weighted by Crippen LogP contribution is 2.55. The minimum Gasteiger partial charge on any atom is -0.508 e. The number of para-hydroxylation sites is 2. The average Bonchev–Trinajstić information content (AvgIpc) is 3.59. The van der Waals surface area contributed by atoms with E-state index in [0.29, 0.717) is 45.9 Å². The minimum absolute atomic E-state index is 0.126. The number of benzene rings is 3. The maximum absolute atomic E-state index is 14.2. The smallest absolute Gasteiger partial charge is 0.238 e. The highest BCUT2D eigenvalue weighted by Gasteiger charge is 2.56. The predicted octanol–water partition coefficient (Wildman–Crippen LogP) is 6.48. The number of allylic oxidation sites excluding steroid dienone is 6. The summed E-state index contributed by atoms with van der Waals surface area (Å²) >= 11 is 3.26. The van der Waals surface area contributed by atoms with E-state index in [-0.39, 0.29) is 40.0 Å². The largest absolute Gasteiger partial charge is 0.508 e. The van der Waals surface area contributed by atoms with Crippen molar-refractivity contribution in [1.82, 2.24) is 4.98 Å². The Morgan fingerprint density at radius 2 is 1.73 bits per heavy atom. The van der Waals surface area contributed by atoms with E-state index in [1.807, 2.05) is 36.4 Å². The Labute approximate surface area is 265 Å². The molecule has 1 fully saturated rings. The molecule has 3 aromatic carbocycles. The molecular formula is C36H25BrN2O6. The minimum atomic E-state index is -0.684. The summed E-state index contributed by atoms with van der Waals surface area (Å²) < 4.78 is 6.06. The van der Waals surface area contributed by atoms with Crippen molar-refractivity contribution in [2.75, 3.05) is 4.90 Å². The number of ketones is 2. The summed E-state index contributed by atoms with van der Waals surface area (Å²) in [7, 11) is 0. The van der Waals surface area contributed by atoms with E-state index in [2.05, 4.69) is 20.9 Å². The van der Waals surface area contributed by atoms with Crippen LogP contribution in [0.4, 0.5) is 5.69 Å². The lowest BCUT2D eigenvalue weighted by molar-refractivity contribution is -0.123. The number of imide groups is 1. The van der Waals surface area contributed by atoms with Crippen molar-refractivity contribution in [3.8, 4) is 17.2 Å². The molecule has 0 unspecified atom stereocenters. The zero-order valence-corrected chi connectivity index (χ0v) is 25.6. The fraction of sp³-hybridized carbons (Fsp3) is 0.194. The van der Waals surface area contributed by atoms with Gasteiger partial charge in [0.2, 0.25) is 17.7 Å². The van der Waals surface area contributed by atoms with E-state index in [1.54, 1.807) is 43.3 Å². The lowest BCUT2D eigenvalue weighted by Crippen LogP contribution is -2.39. The van der Waals surface area contributed by atoms with Crippen LogP contribution in [0.25, 0.3) is 22.6 Å². The molecule has 3 aliphatic carbocycles. The summed E-state index contributed by atoms with van der Waals surface area (Å²) in [6.45, 7) is 1.77. The van der Waals surface area contributed by atoms with Crippen LogP contribution < -0.4 is 4.90 Å². The average molecular weight is 662 g/mol. The first-order chi connectivity index (χ1) is 21.7. The molecule has 1 N–H and O–H groups in total. The third-order valence-corrected chi connectivity index (χ3v) is 10.1. The standard InChI is InChI=1S/C36H25BrN2O6/c1-17-14-19(8-13-27(17)40)30-21-11-12-22-31(23(21)15-24-32(30)28(41)16-25(37)33(24)42)36(44)39(35(22)43)20-9-6-18(7-10-20)34-38-26-4-2-3-5-29(26)45-34/h2-11,13-14,16,22-23,30-31,40H,12,15H2,1H3/t22-,23+,30-,31-/m0/s1. The number of carbonyl (C=O) groups is 4. The zero-order chi connectivity index (χ0) is 31.1. The molecule has 1 aromatic heterocycles. The molecule has 8 rings (SSSR count). The Kier molecular flexibility index (Phi) is 6.19. The molecule has 4 atom stereocenters. The van der Waals surface area contributed by atoms with Crippen molar-refractivity contribution in [1.29, 1.82) is 0 Å². The van der Waals surface area contributed by atoms with Gasteiger partial charge in [-0.1, -0.05) is 35.9 Å². The third kappa shape index (κ3) is 4.14. The number of aromatic hydroxyl groups is 1. The van der Waals surface area contributed by atoms with E-state index in [0.717, 1.165) is 16.7 Å². The summed E-state index contributed by atoms with van der Waals surface area (Å²) in [4.78, 5) is 60.7. The van der Waals surface area contributed by atoms with Crippen molar-refractivity contribution < 1.29 is 28.7 Å². The Morgan fingerprint density at radius 3 is 2.49 bits per heavy atom. The Hall–Kier alpha value is -4.89. The number of hydrogen-bond acceptors (Lipinski definition) is 7. The Morgan fingerprint density at radius 1 is 0.956 bits per heavy atom. The fourth-order valence-electron chi connectivity index (χ4n) is 7.45. The van der Waals surface area contributed by atoms with Gasteiger partial charge in [0, 0.05) is 28.7 Å². The second-order valence-corrected chi connectivity index (χ2v) is 12.8. The van der Waals surface area contributed by atoms with Crippen molar-refractivity contribution in [3.63, 3.8) is 0 Å². The molecular weight excluding hydrogens is 636 g/mol. The van der Waals surface area contributed by atoms with E-state index in [4.69, 9.17) is 4.42 Å². The van der Waals surface area contributed by atoms with Gasteiger partial charge in [0.25, 0.3) is 0 Å². The number of oxazole rings is 1. The van der Waals surface area contributed by atoms with E-state index >= 15 is 0 Å². The van der Waals surface area contributed by atoms with Crippen LogP contribution in [0.2, 0.25) is 0 Å². The van der Waals surface area contributed by atoms with Crippen LogP contribution in [-0.2, 0) is 19.2 Å². The first-order valence-electron chi connectivity index (χ1n) is 14.7. The van der Waals surface area contributed by atoms with Crippen LogP contribution in [0.15, 0.2) is 105 Å². The number of Topliss-reactive ketones (excluding diaryl/α,β-unsaturated/α-hetero) is 1. The van der Waals surface area contributed by atoms with Gasteiger partial charge in [0.15, 0.2) is 17.1 Å². The van der Waals surface area contributed by atoms with Gasteiger partial charge in [-0.05, 0) is 95.2 Å². The topological polar surface area (TPSA) is 118 Å². The predicted molar refractivity (Wildman–Crippen MR) is 169 cm³/mol. The van der Waals surface area contributed by atoms with Gasteiger partial charge in [-0.25, -0.2) is 4.98 Å².